The van der Waals surface area contributed by atoms with Crippen LogP contribution in [0.5, 0.6) is 0 Å². The summed E-state index contributed by atoms with van der Waals surface area (Å²) in [5.41, 5.74) is 6.27. The van der Waals surface area contributed by atoms with E-state index in [9.17, 15) is 0 Å². The van der Waals surface area contributed by atoms with E-state index in [4.69, 9.17) is 5.73 Å². The van der Waals surface area contributed by atoms with E-state index in [1.54, 1.807) is 0 Å². The van der Waals surface area contributed by atoms with Crippen molar-refractivity contribution in [3.8, 4) is 0 Å². The molecule has 1 heteroatoms. The molecular weight excluding hydrogens is 122 g/mol. The van der Waals surface area contributed by atoms with Gasteiger partial charge in [-0.2, -0.15) is 0 Å². The summed E-state index contributed by atoms with van der Waals surface area (Å²) in [6.45, 7) is 6.01. The summed E-state index contributed by atoms with van der Waals surface area (Å²) in [5, 5.41) is 0. The van der Waals surface area contributed by atoms with Crippen LogP contribution in [0.1, 0.15) is 32.6 Å². The Morgan fingerprint density at radius 3 is 2.60 bits per heavy atom. The quantitative estimate of drug-likeness (QED) is 0.595. The molecule has 0 aliphatic heterocycles. The largest absolute Gasteiger partial charge is 0.328 e. The molecule has 1 aliphatic rings. The molecule has 1 nitrogen and oxygen atoms in total. The van der Waals surface area contributed by atoms with Crippen LogP contribution in [0, 0.1) is 5.41 Å². The third-order valence-electron chi connectivity index (χ3n) is 2.72. The number of rotatable bonds is 3. The standard InChI is InChI=1S/C9H17N/c1-3-5-9(4-2)6-8(10)7-9/h3,8H,1,4-7,10H2,2H3. The van der Waals surface area contributed by atoms with Crippen LogP contribution in [0.4, 0.5) is 0 Å². The van der Waals surface area contributed by atoms with Gasteiger partial charge in [0.05, 0.1) is 0 Å². The van der Waals surface area contributed by atoms with Gasteiger partial charge < -0.3 is 5.73 Å². The molecule has 0 atom stereocenters. The van der Waals surface area contributed by atoms with E-state index in [2.05, 4.69) is 13.5 Å². The van der Waals surface area contributed by atoms with Gasteiger partial charge in [0.15, 0.2) is 0 Å². The maximum atomic E-state index is 5.73. The summed E-state index contributed by atoms with van der Waals surface area (Å²) in [4.78, 5) is 0. The van der Waals surface area contributed by atoms with Crippen LogP contribution in [-0.2, 0) is 0 Å². The highest BCUT2D eigenvalue weighted by atomic mass is 14.7. The second kappa shape index (κ2) is 2.75. The number of hydrogen-bond acceptors (Lipinski definition) is 1. The Morgan fingerprint density at radius 1 is 1.70 bits per heavy atom. The minimum absolute atomic E-state index is 0.472. The Morgan fingerprint density at radius 2 is 2.30 bits per heavy atom. The molecule has 0 heterocycles. The van der Waals surface area contributed by atoms with Crippen LogP contribution in [0.3, 0.4) is 0 Å². The summed E-state index contributed by atoms with van der Waals surface area (Å²) in [6.07, 6.45) is 6.84. The van der Waals surface area contributed by atoms with E-state index in [1.807, 2.05) is 6.08 Å². The van der Waals surface area contributed by atoms with E-state index >= 15 is 0 Å². The first-order valence-corrected chi connectivity index (χ1v) is 4.09. The molecule has 10 heavy (non-hydrogen) atoms. The fraction of sp³-hybridized carbons (Fsp3) is 0.778. The van der Waals surface area contributed by atoms with Crippen molar-refractivity contribution in [3.63, 3.8) is 0 Å². The molecule has 1 aliphatic carbocycles. The van der Waals surface area contributed by atoms with E-state index in [0.29, 0.717) is 11.5 Å². The van der Waals surface area contributed by atoms with Crippen molar-refractivity contribution in [3.05, 3.63) is 12.7 Å². The summed E-state index contributed by atoms with van der Waals surface area (Å²) in [6, 6.07) is 0.472. The van der Waals surface area contributed by atoms with Crippen molar-refractivity contribution in [2.75, 3.05) is 0 Å². The second-order valence-corrected chi connectivity index (χ2v) is 3.51. The van der Waals surface area contributed by atoms with Gasteiger partial charge in [-0.25, -0.2) is 0 Å². The minimum Gasteiger partial charge on any atom is -0.328 e. The molecule has 0 aromatic heterocycles. The number of allylic oxidation sites excluding steroid dienone is 1. The highest BCUT2D eigenvalue weighted by Gasteiger charge is 2.39. The summed E-state index contributed by atoms with van der Waals surface area (Å²) in [5.74, 6) is 0. The van der Waals surface area contributed by atoms with Gasteiger partial charge >= 0.3 is 0 Å². The minimum atomic E-state index is 0.472. The maximum Gasteiger partial charge on any atom is 0.00496 e. The van der Waals surface area contributed by atoms with Gasteiger partial charge in [-0.15, -0.1) is 6.58 Å². The van der Waals surface area contributed by atoms with E-state index < -0.39 is 0 Å². The molecule has 1 rings (SSSR count). The molecule has 2 N–H and O–H groups in total. The van der Waals surface area contributed by atoms with Crippen molar-refractivity contribution in [1.29, 1.82) is 0 Å². The van der Waals surface area contributed by atoms with Gasteiger partial charge in [0.25, 0.3) is 0 Å². The van der Waals surface area contributed by atoms with E-state index in [1.165, 1.54) is 19.3 Å². The third-order valence-corrected chi connectivity index (χ3v) is 2.72. The lowest BCUT2D eigenvalue weighted by molar-refractivity contribution is 0.102. The molecule has 1 fully saturated rings. The molecule has 0 spiro atoms. The van der Waals surface area contributed by atoms with Crippen LogP contribution < -0.4 is 5.73 Å². The van der Waals surface area contributed by atoms with Crippen LogP contribution >= 0.6 is 0 Å². The van der Waals surface area contributed by atoms with Gasteiger partial charge in [-0.05, 0) is 24.7 Å². The van der Waals surface area contributed by atoms with Crippen molar-refractivity contribution in [2.45, 2.75) is 38.6 Å². The smallest absolute Gasteiger partial charge is 0.00496 e. The Balaban J connectivity index is 2.39. The first-order valence-electron chi connectivity index (χ1n) is 4.09. The molecule has 0 unspecified atom stereocenters. The number of nitrogens with two attached hydrogens (primary N) is 1. The second-order valence-electron chi connectivity index (χ2n) is 3.51. The summed E-state index contributed by atoms with van der Waals surface area (Å²) in [7, 11) is 0. The van der Waals surface area contributed by atoms with Crippen LogP contribution in [0.25, 0.3) is 0 Å². The zero-order valence-electron chi connectivity index (χ0n) is 6.77. The van der Waals surface area contributed by atoms with Crippen LogP contribution in [0.2, 0.25) is 0 Å². The van der Waals surface area contributed by atoms with Crippen molar-refractivity contribution in [2.24, 2.45) is 11.1 Å². The Hall–Kier alpha value is -0.300. The molecule has 0 radical (unpaired) electrons. The van der Waals surface area contributed by atoms with Gasteiger partial charge in [0.2, 0.25) is 0 Å². The molecule has 58 valence electrons. The average Bonchev–Trinajstić information content (AvgIpc) is 1.84. The highest BCUT2D eigenvalue weighted by molar-refractivity contribution is 4.98. The van der Waals surface area contributed by atoms with E-state index in [0.717, 1.165) is 6.42 Å². The first kappa shape index (κ1) is 7.80. The normalized spacial score (nSPS) is 38.8. The lowest BCUT2D eigenvalue weighted by Gasteiger charge is -2.45. The summed E-state index contributed by atoms with van der Waals surface area (Å²) >= 11 is 0. The molecule has 0 bridgehead atoms. The Kier molecular flexibility index (Phi) is 2.14. The van der Waals surface area contributed by atoms with Gasteiger partial charge in [0, 0.05) is 6.04 Å². The van der Waals surface area contributed by atoms with Crippen molar-refractivity contribution in [1.82, 2.24) is 0 Å². The molecule has 0 saturated heterocycles. The number of hydrogen-bond donors (Lipinski definition) is 1. The van der Waals surface area contributed by atoms with Gasteiger partial charge in [-0.3, -0.25) is 0 Å². The zero-order chi connectivity index (χ0) is 7.61. The highest BCUT2D eigenvalue weighted by Crippen LogP contribution is 2.45. The Labute approximate surface area is 63.3 Å². The fourth-order valence-corrected chi connectivity index (χ4v) is 1.96. The van der Waals surface area contributed by atoms with Crippen LogP contribution in [0.15, 0.2) is 12.7 Å². The van der Waals surface area contributed by atoms with Crippen molar-refractivity contribution >= 4 is 0 Å². The SMILES string of the molecule is C=CCC1(CC)CC(N)C1. The third kappa shape index (κ3) is 1.24. The molecule has 0 aromatic rings. The molecule has 0 amide bonds. The van der Waals surface area contributed by atoms with Gasteiger partial charge in [0.1, 0.15) is 0 Å². The maximum absolute atomic E-state index is 5.73. The lowest BCUT2D eigenvalue weighted by Crippen LogP contribution is -2.45. The Bertz CT molecular complexity index is 123. The van der Waals surface area contributed by atoms with Gasteiger partial charge in [-0.1, -0.05) is 19.4 Å². The monoisotopic (exact) mass is 139 g/mol. The van der Waals surface area contributed by atoms with Crippen LogP contribution in [-0.4, -0.2) is 6.04 Å². The fourth-order valence-electron chi connectivity index (χ4n) is 1.96. The molecule has 1 saturated carbocycles. The predicted octanol–water partition coefficient (Wildman–Crippen LogP) is 2.08. The van der Waals surface area contributed by atoms with Crippen molar-refractivity contribution < 1.29 is 0 Å². The first-order chi connectivity index (χ1) is 4.72. The predicted molar refractivity (Wildman–Crippen MR) is 44.7 cm³/mol. The van der Waals surface area contributed by atoms with E-state index in [-0.39, 0.29) is 0 Å². The lowest BCUT2D eigenvalue weighted by atomic mass is 9.62. The topological polar surface area (TPSA) is 26.0 Å². The summed E-state index contributed by atoms with van der Waals surface area (Å²) < 4.78 is 0. The molecule has 0 aromatic carbocycles. The zero-order valence-corrected chi connectivity index (χ0v) is 6.77. The average molecular weight is 139 g/mol. The molecular formula is C9H17N.